The number of piperazine rings is 1. The summed E-state index contributed by atoms with van der Waals surface area (Å²) >= 11 is 0. The average molecular weight is 422 g/mol. The molecule has 6 rings (SSSR count). The molecule has 31 heavy (non-hydrogen) atoms. The zero-order valence-corrected chi connectivity index (χ0v) is 18.3. The van der Waals surface area contributed by atoms with Gasteiger partial charge in [-0.15, -0.1) is 0 Å². The van der Waals surface area contributed by atoms with Gasteiger partial charge in [0.1, 0.15) is 0 Å². The molecular weight excluding hydrogens is 390 g/mol. The monoisotopic (exact) mass is 421 g/mol. The highest BCUT2D eigenvalue weighted by Crippen LogP contribution is 2.32. The number of aromatic amines is 1. The van der Waals surface area contributed by atoms with Crippen LogP contribution in [0.15, 0.2) is 41.1 Å². The molecule has 2 N–H and O–H groups in total. The number of piperidine rings is 1. The number of rotatable bonds is 8. The number of amides is 1. The third kappa shape index (κ3) is 3.94. The van der Waals surface area contributed by atoms with Crippen molar-refractivity contribution in [3.05, 3.63) is 48.0 Å². The van der Waals surface area contributed by atoms with Crippen molar-refractivity contribution >= 4 is 22.8 Å². The molecule has 3 aromatic rings. The summed E-state index contributed by atoms with van der Waals surface area (Å²) in [6.45, 7) is 4.00. The molecule has 3 fully saturated rings. The molecule has 3 unspecified atom stereocenters. The lowest BCUT2D eigenvalue weighted by atomic mass is 9.89. The van der Waals surface area contributed by atoms with Gasteiger partial charge in [-0.2, -0.15) is 0 Å². The van der Waals surface area contributed by atoms with Crippen molar-refractivity contribution < 1.29 is 9.21 Å². The Morgan fingerprint density at radius 2 is 2.13 bits per heavy atom. The van der Waals surface area contributed by atoms with Gasteiger partial charge in [0.25, 0.3) is 11.9 Å². The van der Waals surface area contributed by atoms with E-state index in [1.807, 2.05) is 6.07 Å². The minimum absolute atomic E-state index is 0.0523. The van der Waals surface area contributed by atoms with Crippen LogP contribution in [0, 0.1) is 0 Å². The minimum atomic E-state index is -0.181. The van der Waals surface area contributed by atoms with Gasteiger partial charge in [0.05, 0.1) is 6.20 Å². The van der Waals surface area contributed by atoms with Gasteiger partial charge in [-0.05, 0) is 37.9 Å². The number of fused-ring (bicyclic) bond motifs is 3. The molecule has 2 bridgehead atoms. The SMILES string of the molecule is CCCCC(Cc1c[nH]c2ccccc12)NC(=O)c1cnc(N2CC3CC(C2)N3C)o1. The van der Waals surface area contributed by atoms with Gasteiger partial charge in [0.15, 0.2) is 0 Å². The van der Waals surface area contributed by atoms with E-state index in [9.17, 15) is 4.79 Å². The van der Waals surface area contributed by atoms with E-state index in [4.69, 9.17) is 4.42 Å². The van der Waals surface area contributed by atoms with E-state index in [0.717, 1.165) is 44.3 Å². The maximum atomic E-state index is 13.0. The van der Waals surface area contributed by atoms with Crippen LogP contribution in [0.5, 0.6) is 0 Å². The number of nitrogens with one attached hydrogen (secondary N) is 2. The van der Waals surface area contributed by atoms with Crippen LogP contribution < -0.4 is 10.2 Å². The number of likely N-dealkylation sites (N-methyl/N-ethyl adjacent to an activating group) is 1. The summed E-state index contributed by atoms with van der Waals surface area (Å²) in [4.78, 5) is 25.3. The Kier molecular flexibility index (Phi) is 5.44. The molecule has 0 radical (unpaired) electrons. The number of aromatic nitrogens is 2. The lowest BCUT2D eigenvalue weighted by molar-refractivity contribution is 0.0244. The highest BCUT2D eigenvalue weighted by molar-refractivity contribution is 5.91. The minimum Gasteiger partial charge on any atom is -0.418 e. The van der Waals surface area contributed by atoms with Crippen LogP contribution in [0.3, 0.4) is 0 Å². The second kappa shape index (κ2) is 8.38. The molecule has 0 spiro atoms. The molecule has 3 aliphatic rings. The summed E-state index contributed by atoms with van der Waals surface area (Å²) < 4.78 is 5.88. The van der Waals surface area contributed by atoms with E-state index in [1.54, 1.807) is 6.20 Å². The van der Waals surface area contributed by atoms with Crippen LogP contribution in [0.4, 0.5) is 6.01 Å². The summed E-state index contributed by atoms with van der Waals surface area (Å²) in [6, 6.07) is 10.0. The normalized spacial score (nSPS) is 21.8. The molecule has 1 aromatic carbocycles. The second-order valence-electron chi connectivity index (χ2n) is 9.00. The van der Waals surface area contributed by atoms with Crippen molar-refractivity contribution in [3.8, 4) is 0 Å². The van der Waals surface area contributed by atoms with Crippen molar-refractivity contribution in [2.24, 2.45) is 0 Å². The smallest absolute Gasteiger partial charge is 0.298 e. The molecule has 164 valence electrons. The number of hydrogen-bond donors (Lipinski definition) is 2. The first kappa shape index (κ1) is 20.1. The standard InChI is InChI=1S/C24H31N5O2/c1-3-4-7-17(10-16-12-25-21-9-6-5-8-20(16)21)27-23(30)22-13-26-24(31-22)29-14-18-11-19(15-29)28(18)2/h5-6,8-9,12-13,17-19,25H,3-4,7,10-11,14-15H2,1-2H3,(H,27,30). The summed E-state index contributed by atoms with van der Waals surface area (Å²) in [5.74, 6) is 0.113. The molecule has 7 heteroatoms. The molecule has 3 saturated heterocycles. The van der Waals surface area contributed by atoms with Crippen LogP contribution in [0.25, 0.3) is 10.9 Å². The number of unbranched alkanes of at least 4 members (excludes halogenated alkanes) is 1. The van der Waals surface area contributed by atoms with E-state index >= 15 is 0 Å². The number of carbonyl (C=O) groups is 1. The predicted molar refractivity (Wildman–Crippen MR) is 121 cm³/mol. The molecule has 0 saturated carbocycles. The zero-order chi connectivity index (χ0) is 21.4. The lowest BCUT2D eigenvalue weighted by Crippen LogP contribution is -2.67. The third-order valence-corrected chi connectivity index (χ3v) is 6.93. The fraction of sp³-hybridized carbons (Fsp3) is 0.500. The van der Waals surface area contributed by atoms with Crippen LogP contribution in [0.1, 0.15) is 48.7 Å². The summed E-state index contributed by atoms with van der Waals surface area (Å²) in [5, 5.41) is 4.42. The number of benzene rings is 1. The molecule has 1 amide bonds. The number of hydrogen-bond acceptors (Lipinski definition) is 5. The van der Waals surface area contributed by atoms with Crippen molar-refractivity contribution in [2.45, 2.75) is 57.2 Å². The molecule has 3 aliphatic heterocycles. The fourth-order valence-corrected chi connectivity index (χ4v) is 4.97. The van der Waals surface area contributed by atoms with Gasteiger partial charge in [0.2, 0.25) is 5.76 Å². The maximum Gasteiger partial charge on any atom is 0.298 e. The Balaban J connectivity index is 1.26. The Morgan fingerprint density at radius 3 is 2.90 bits per heavy atom. The first-order valence-electron chi connectivity index (χ1n) is 11.4. The zero-order valence-electron chi connectivity index (χ0n) is 18.3. The topological polar surface area (TPSA) is 77.4 Å². The van der Waals surface area contributed by atoms with E-state index in [2.05, 4.69) is 63.5 Å². The van der Waals surface area contributed by atoms with Gasteiger partial charge >= 0.3 is 0 Å². The van der Waals surface area contributed by atoms with Crippen LogP contribution in [-0.2, 0) is 6.42 Å². The summed E-state index contributed by atoms with van der Waals surface area (Å²) in [5.41, 5.74) is 2.36. The van der Waals surface area contributed by atoms with Crippen LogP contribution in [-0.4, -0.2) is 59.0 Å². The van der Waals surface area contributed by atoms with E-state index in [1.165, 1.54) is 17.4 Å². The van der Waals surface area contributed by atoms with E-state index in [0.29, 0.717) is 23.9 Å². The Hall–Kier alpha value is -2.80. The summed E-state index contributed by atoms with van der Waals surface area (Å²) in [7, 11) is 2.18. The largest absolute Gasteiger partial charge is 0.418 e. The number of para-hydroxylation sites is 1. The number of anilines is 1. The van der Waals surface area contributed by atoms with Crippen LogP contribution >= 0.6 is 0 Å². The molecule has 0 aliphatic carbocycles. The van der Waals surface area contributed by atoms with Crippen molar-refractivity contribution in [1.29, 1.82) is 0 Å². The molecule has 3 atom stereocenters. The van der Waals surface area contributed by atoms with Gasteiger partial charge in [-0.3, -0.25) is 9.69 Å². The highest BCUT2D eigenvalue weighted by Gasteiger charge is 2.43. The Morgan fingerprint density at radius 1 is 1.32 bits per heavy atom. The predicted octanol–water partition coefficient (Wildman–Crippen LogP) is 3.58. The van der Waals surface area contributed by atoms with Crippen molar-refractivity contribution in [2.75, 3.05) is 25.0 Å². The van der Waals surface area contributed by atoms with Gasteiger partial charge in [0, 0.05) is 48.3 Å². The number of oxazole rings is 1. The molecule has 2 aromatic heterocycles. The maximum absolute atomic E-state index is 13.0. The van der Waals surface area contributed by atoms with E-state index in [-0.39, 0.29) is 11.9 Å². The van der Waals surface area contributed by atoms with Gasteiger partial charge in [-0.1, -0.05) is 38.0 Å². The first-order valence-corrected chi connectivity index (χ1v) is 11.4. The quantitative estimate of drug-likeness (QED) is 0.581. The third-order valence-electron chi connectivity index (χ3n) is 6.93. The van der Waals surface area contributed by atoms with Crippen molar-refractivity contribution in [3.63, 3.8) is 0 Å². The van der Waals surface area contributed by atoms with Gasteiger partial charge < -0.3 is 19.6 Å². The Bertz CT molecular complexity index is 1050. The number of nitrogens with zero attached hydrogens (tertiary/aromatic N) is 3. The first-order chi connectivity index (χ1) is 15.1. The average Bonchev–Trinajstić information content (AvgIpc) is 3.45. The van der Waals surface area contributed by atoms with Crippen LogP contribution in [0.2, 0.25) is 0 Å². The second-order valence-corrected chi connectivity index (χ2v) is 9.00. The lowest BCUT2D eigenvalue weighted by Gasteiger charge is -2.54. The highest BCUT2D eigenvalue weighted by atomic mass is 16.4. The molecule has 5 heterocycles. The van der Waals surface area contributed by atoms with Gasteiger partial charge in [-0.25, -0.2) is 4.98 Å². The van der Waals surface area contributed by atoms with Crippen molar-refractivity contribution in [1.82, 2.24) is 20.2 Å². The molecular formula is C24H31N5O2. The molecule has 7 nitrogen and oxygen atoms in total. The number of carbonyl (C=O) groups excluding carboxylic acids is 1. The van der Waals surface area contributed by atoms with E-state index < -0.39 is 0 Å². The fourth-order valence-electron chi connectivity index (χ4n) is 4.97. The Labute approximate surface area is 182 Å². The summed E-state index contributed by atoms with van der Waals surface area (Å²) in [6.07, 6.45) is 8.76. The number of H-pyrrole nitrogens is 1.